The lowest BCUT2D eigenvalue weighted by Gasteiger charge is -1.74. The molecule has 0 aliphatic heterocycles. The van der Waals surface area contributed by atoms with E-state index in [0.29, 0.717) is 15.2 Å². The van der Waals surface area contributed by atoms with Crippen molar-refractivity contribution in [3.05, 3.63) is 0 Å². The van der Waals surface area contributed by atoms with Gasteiger partial charge in [0.2, 0.25) is 15.2 Å². The molecule has 10 heavy (non-hydrogen) atoms. The van der Waals surface area contributed by atoms with Gasteiger partial charge in [0.05, 0.1) is 0 Å². The van der Waals surface area contributed by atoms with Gasteiger partial charge in [-0.2, -0.15) is 0 Å². The largest absolute Gasteiger partial charge is 0.519 e. The molecule has 4 heteroatoms. The molecule has 0 bridgehead atoms. The van der Waals surface area contributed by atoms with Gasteiger partial charge in [-0.25, -0.2) is 20.1 Å². The van der Waals surface area contributed by atoms with Crippen molar-refractivity contribution in [2.75, 3.05) is 0 Å². The monoisotopic (exact) mass is 212 g/mol. The molecule has 0 N–H and O–H groups in total. The zero-order valence-corrected chi connectivity index (χ0v) is 11.2. The Labute approximate surface area is 83.8 Å². The standard InChI is InChI=1S/3C2H5.2Al.2ClH.H/c3*1-2;;;;;/h3*1H2,2H3;;;2*1H;/q;;;;+2;;;/p-2. The van der Waals surface area contributed by atoms with Gasteiger partial charge >= 0.3 is 12.3 Å². The highest BCUT2D eigenvalue weighted by Crippen LogP contribution is 1.98. The molecule has 0 nitrogen and oxygen atoms in total. The Bertz CT molecular complexity index is 49.0. The molecular formula is C6H16Al2Cl2. The molecule has 0 radical (unpaired) electrons. The fourth-order valence-corrected chi connectivity index (χ4v) is 1.06. The van der Waals surface area contributed by atoms with Gasteiger partial charge in [0.1, 0.15) is 0 Å². The van der Waals surface area contributed by atoms with E-state index in [2.05, 4.69) is 13.8 Å². The number of halogens is 2. The molecule has 0 fully saturated rings. The van der Waals surface area contributed by atoms with E-state index in [9.17, 15) is 0 Å². The highest BCUT2D eigenvalue weighted by atomic mass is 35.7. The van der Waals surface area contributed by atoms with Crippen LogP contribution in [-0.2, 0) is 0 Å². The minimum atomic E-state index is -1.21. The first-order chi connectivity index (χ1) is 4.68. The molecule has 0 saturated heterocycles. The Morgan fingerprint density at radius 1 is 1.10 bits per heavy atom. The third kappa shape index (κ3) is 22.6. The Morgan fingerprint density at radius 2 is 1.40 bits per heavy atom. The Balaban J connectivity index is 0. The lowest BCUT2D eigenvalue weighted by atomic mass is 10.9. The SMILES string of the molecule is C[CH2][AlH][CH2]C.C[CH2][Al]([Cl])[Cl]. The molecule has 0 heterocycles. The van der Waals surface area contributed by atoms with Gasteiger partial charge in [-0.3, -0.25) is 0 Å². The average molecular weight is 213 g/mol. The second-order valence-electron chi connectivity index (χ2n) is 2.15. The maximum absolute atomic E-state index is 5.37. The van der Waals surface area contributed by atoms with E-state index in [1.165, 1.54) is 10.6 Å². The van der Waals surface area contributed by atoms with E-state index in [0.717, 1.165) is 5.28 Å². The highest BCUT2D eigenvalue weighted by Gasteiger charge is 2.03. The summed E-state index contributed by atoms with van der Waals surface area (Å²) in [7, 11) is 10.7. The van der Waals surface area contributed by atoms with Gasteiger partial charge in [-0.1, -0.05) is 26.1 Å². The lowest BCUT2D eigenvalue weighted by Crippen LogP contribution is -1.83. The van der Waals surface area contributed by atoms with Crippen LogP contribution in [0.15, 0.2) is 0 Å². The summed E-state index contributed by atoms with van der Waals surface area (Å²) in [5.41, 5.74) is 0. The van der Waals surface area contributed by atoms with Crippen LogP contribution in [0, 0.1) is 0 Å². The fourth-order valence-electron chi connectivity index (χ4n) is 0.354. The summed E-state index contributed by atoms with van der Waals surface area (Å²) in [6.45, 7) is 6.54. The second kappa shape index (κ2) is 13.3. The molecule has 60 valence electrons. The molecule has 0 aromatic heterocycles. The van der Waals surface area contributed by atoms with Crippen molar-refractivity contribution in [3.63, 3.8) is 0 Å². The van der Waals surface area contributed by atoms with Crippen LogP contribution >= 0.6 is 20.1 Å². The van der Waals surface area contributed by atoms with Gasteiger partial charge in [0.15, 0.2) is 0 Å². The first kappa shape index (κ1) is 14.2. The normalized spacial score (nSPS) is 7.70. The van der Waals surface area contributed by atoms with Gasteiger partial charge in [0, 0.05) is 0 Å². The van der Waals surface area contributed by atoms with Crippen LogP contribution in [0.5, 0.6) is 0 Å². The van der Waals surface area contributed by atoms with Gasteiger partial charge in [-0.05, 0) is 0 Å². The van der Waals surface area contributed by atoms with E-state index in [4.69, 9.17) is 20.1 Å². The first-order valence-corrected chi connectivity index (χ1v) is 10.3. The molecule has 0 amide bonds. The molecule has 0 aliphatic carbocycles. The van der Waals surface area contributed by atoms with E-state index in [1.54, 1.807) is 0 Å². The van der Waals surface area contributed by atoms with E-state index >= 15 is 0 Å². The second-order valence-corrected chi connectivity index (χ2v) is 10.3. The van der Waals surface area contributed by atoms with Gasteiger partial charge in [-0.15, -0.1) is 10.6 Å². The van der Waals surface area contributed by atoms with E-state index < -0.39 is 12.3 Å². The molecule has 0 aromatic carbocycles. The van der Waals surface area contributed by atoms with Crippen LogP contribution in [0.2, 0.25) is 15.8 Å². The zero-order valence-electron chi connectivity index (χ0n) is 7.16. The lowest BCUT2D eigenvalue weighted by molar-refractivity contribution is 1.36. The van der Waals surface area contributed by atoms with Crippen LogP contribution in [0.4, 0.5) is 0 Å². The molecule has 0 aromatic rings. The summed E-state index contributed by atoms with van der Waals surface area (Å²) in [6, 6.07) is 0. The van der Waals surface area contributed by atoms with Crippen LogP contribution in [0.1, 0.15) is 20.8 Å². The number of rotatable bonds is 3. The molecule has 0 atom stereocenters. The van der Waals surface area contributed by atoms with Crippen molar-refractivity contribution in [2.45, 2.75) is 36.6 Å². The van der Waals surface area contributed by atoms with E-state index in [1.807, 2.05) is 6.92 Å². The maximum atomic E-state index is 5.37. The third-order valence-electron chi connectivity index (χ3n) is 1.02. The Kier molecular flexibility index (Phi) is 18.8. The summed E-state index contributed by atoms with van der Waals surface area (Å²) >= 11 is -0.773. The van der Waals surface area contributed by atoms with Crippen molar-refractivity contribution in [1.82, 2.24) is 0 Å². The molecule has 0 saturated carbocycles. The van der Waals surface area contributed by atoms with Gasteiger partial charge in [0.25, 0.3) is 0 Å². The molecular weight excluding hydrogens is 197 g/mol. The predicted octanol–water partition coefficient (Wildman–Crippen LogP) is 3.27. The average Bonchev–Trinajstić information content (AvgIpc) is 1.91. The van der Waals surface area contributed by atoms with Crippen molar-refractivity contribution in [1.29, 1.82) is 0 Å². The van der Waals surface area contributed by atoms with Crippen molar-refractivity contribution in [3.8, 4) is 0 Å². The molecule has 0 aliphatic rings. The summed E-state index contributed by atoms with van der Waals surface area (Å²) in [6.07, 6.45) is 0. The maximum Gasteiger partial charge on any atom is 0.519 e. The highest BCUT2D eigenvalue weighted by molar-refractivity contribution is 7.33. The topological polar surface area (TPSA) is 0 Å². The third-order valence-corrected chi connectivity index (χ3v) is 4.90. The van der Waals surface area contributed by atoms with Crippen molar-refractivity contribution >= 4 is 47.6 Å². The number of hydrogen-bond acceptors (Lipinski definition) is 0. The minimum absolute atomic E-state index is 0.432. The van der Waals surface area contributed by atoms with E-state index in [-0.39, 0.29) is 0 Å². The summed E-state index contributed by atoms with van der Waals surface area (Å²) in [5, 5.41) is 3.94. The number of hydrogen-bond donors (Lipinski definition) is 0. The smallest absolute Gasteiger partial charge is 0.234 e. The van der Waals surface area contributed by atoms with Gasteiger partial charge < -0.3 is 0 Å². The molecule has 0 rings (SSSR count). The quantitative estimate of drug-likeness (QED) is 0.631. The summed E-state index contributed by atoms with van der Waals surface area (Å²) in [5.74, 6) is 0. The van der Waals surface area contributed by atoms with Crippen LogP contribution in [0.25, 0.3) is 0 Å². The summed E-state index contributed by atoms with van der Waals surface area (Å²) in [4.78, 5) is 0. The van der Waals surface area contributed by atoms with Crippen LogP contribution in [-0.4, -0.2) is 27.5 Å². The minimum Gasteiger partial charge on any atom is -0.234 e. The van der Waals surface area contributed by atoms with Crippen LogP contribution < -0.4 is 0 Å². The Morgan fingerprint density at radius 3 is 1.40 bits per heavy atom. The van der Waals surface area contributed by atoms with Crippen molar-refractivity contribution < 1.29 is 0 Å². The molecule has 0 spiro atoms. The Hall–Kier alpha value is 1.64. The summed E-state index contributed by atoms with van der Waals surface area (Å²) < 4.78 is 0. The van der Waals surface area contributed by atoms with Crippen molar-refractivity contribution in [2.24, 2.45) is 0 Å². The zero-order chi connectivity index (χ0) is 8.41. The first-order valence-electron chi connectivity index (χ1n) is 3.97. The molecule has 0 unspecified atom stereocenters. The fraction of sp³-hybridized carbons (Fsp3) is 1.00. The van der Waals surface area contributed by atoms with Crippen LogP contribution in [0.3, 0.4) is 0 Å². The predicted molar refractivity (Wildman–Crippen MR) is 56.1 cm³/mol.